The van der Waals surface area contributed by atoms with Crippen LogP contribution in [0.1, 0.15) is 25.8 Å². The van der Waals surface area contributed by atoms with Crippen molar-refractivity contribution in [2.24, 2.45) is 10.4 Å². The predicted molar refractivity (Wildman–Crippen MR) is 126 cm³/mol. The summed E-state index contributed by atoms with van der Waals surface area (Å²) in [6.45, 7) is 6.51. The van der Waals surface area contributed by atoms with Crippen LogP contribution in [0.2, 0.25) is 5.02 Å². The first-order valence-corrected chi connectivity index (χ1v) is 11.3. The van der Waals surface area contributed by atoms with E-state index < -0.39 is 5.41 Å². The number of fused-ring (bicyclic) bond motifs is 2. The number of hydrogen-bond acceptors (Lipinski definition) is 6. The average Bonchev–Trinajstić information content (AvgIpc) is 2.95. The number of nitrogens with one attached hydrogen (secondary N) is 2. The molecular weight excluding hydrogens is 428 g/mol. The minimum absolute atomic E-state index is 0.0334. The van der Waals surface area contributed by atoms with E-state index in [0.717, 1.165) is 30.2 Å². The molecule has 2 heterocycles. The average molecular weight is 457 g/mol. The highest BCUT2D eigenvalue weighted by atomic mass is 35.5. The lowest BCUT2D eigenvalue weighted by molar-refractivity contribution is -0.131. The monoisotopic (exact) mass is 456 g/mol. The number of benzene rings is 2. The lowest BCUT2D eigenvalue weighted by Crippen LogP contribution is -2.61. The highest BCUT2D eigenvalue weighted by Gasteiger charge is 2.40. The Bertz CT molecular complexity index is 1020. The second-order valence-electron chi connectivity index (χ2n) is 8.65. The number of ether oxygens (including phenoxy) is 1. The number of aliphatic imine (C=N–C) groups is 1. The third kappa shape index (κ3) is 4.60. The summed E-state index contributed by atoms with van der Waals surface area (Å²) < 4.78 is 6.17. The van der Waals surface area contributed by atoms with Crippen LogP contribution in [0.25, 0.3) is 0 Å². The van der Waals surface area contributed by atoms with Crippen molar-refractivity contribution in [3.05, 3.63) is 53.1 Å². The zero-order valence-electron chi connectivity index (χ0n) is 18.4. The van der Waals surface area contributed by atoms with Gasteiger partial charge in [-0.3, -0.25) is 4.79 Å². The zero-order chi connectivity index (χ0) is 22.7. The Morgan fingerprint density at radius 1 is 1.31 bits per heavy atom. The summed E-state index contributed by atoms with van der Waals surface area (Å²) in [5.74, 6) is 2.18. The van der Waals surface area contributed by atoms with Crippen LogP contribution < -0.4 is 15.4 Å². The molecular formula is C24H29ClN4O3. The number of carbonyl (C=O) groups is 1. The molecule has 8 heteroatoms. The van der Waals surface area contributed by atoms with Gasteiger partial charge in [0.25, 0.3) is 0 Å². The van der Waals surface area contributed by atoms with Gasteiger partial charge in [-0.05, 0) is 50.6 Å². The lowest BCUT2D eigenvalue weighted by Gasteiger charge is -2.42. The van der Waals surface area contributed by atoms with E-state index in [1.807, 2.05) is 44.2 Å². The standard InChI is InChI=1S/C24H29ClN4O3/c1-24(2,23(31)27-10-5-13-30)21-15-29(12-11-26-21)22-17-6-3-4-7-19(17)32-20-9-8-16(25)14-18(20)28-22/h3-4,6-9,14,21,26,30H,5,10-13,15H2,1-2H3,(H,27,31)/t21-/m1/s1. The van der Waals surface area contributed by atoms with Crippen LogP contribution in [0.15, 0.2) is 47.5 Å². The number of aliphatic hydroxyl groups excluding tert-OH is 1. The third-order valence-electron chi connectivity index (χ3n) is 6.05. The molecule has 32 heavy (non-hydrogen) atoms. The minimum Gasteiger partial charge on any atom is -0.454 e. The van der Waals surface area contributed by atoms with E-state index >= 15 is 0 Å². The summed E-state index contributed by atoms with van der Waals surface area (Å²) >= 11 is 6.24. The van der Waals surface area contributed by atoms with Gasteiger partial charge >= 0.3 is 0 Å². The molecule has 0 aromatic heterocycles. The number of carbonyl (C=O) groups excluding carboxylic acids is 1. The molecule has 0 radical (unpaired) electrons. The van der Waals surface area contributed by atoms with Gasteiger partial charge in [-0.25, -0.2) is 4.99 Å². The van der Waals surface area contributed by atoms with E-state index in [2.05, 4.69) is 15.5 Å². The van der Waals surface area contributed by atoms with Gasteiger partial charge in [0.2, 0.25) is 5.91 Å². The smallest absolute Gasteiger partial charge is 0.227 e. The van der Waals surface area contributed by atoms with Crippen LogP contribution in [-0.4, -0.2) is 60.6 Å². The molecule has 170 valence electrons. The molecule has 2 aliphatic rings. The lowest BCUT2D eigenvalue weighted by atomic mass is 9.82. The van der Waals surface area contributed by atoms with Gasteiger partial charge in [0, 0.05) is 43.9 Å². The first kappa shape index (κ1) is 22.6. The number of piperazine rings is 1. The van der Waals surface area contributed by atoms with Gasteiger partial charge in [0.15, 0.2) is 5.75 Å². The molecule has 7 nitrogen and oxygen atoms in total. The predicted octanol–water partition coefficient (Wildman–Crippen LogP) is 3.32. The molecule has 2 aromatic carbocycles. The van der Waals surface area contributed by atoms with Crippen molar-refractivity contribution < 1.29 is 14.6 Å². The van der Waals surface area contributed by atoms with Gasteiger partial charge < -0.3 is 25.4 Å². The summed E-state index contributed by atoms with van der Waals surface area (Å²) in [6, 6.07) is 13.2. The summed E-state index contributed by atoms with van der Waals surface area (Å²) in [6.07, 6.45) is 0.543. The Balaban J connectivity index is 1.64. The van der Waals surface area contributed by atoms with Crippen molar-refractivity contribution in [3.63, 3.8) is 0 Å². The second-order valence-corrected chi connectivity index (χ2v) is 9.09. The molecule has 2 aromatic rings. The highest BCUT2D eigenvalue weighted by Crippen LogP contribution is 2.39. The van der Waals surface area contributed by atoms with Crippen LogP contribution in [-0.2, 0) is 4.79 Å². The van der Waals surface area contributed by atoms with Crippen molar-refractivity contribution >= 4 is 29.0 Å². The fourth-order valence-electron chi connectivity index (χ4n) is 4.03. The zero-order valence-corrected chi connectivity index (χ0v) is 19.2. The van der Waals surface area contributed by atoms with E-state index in [9.17, 15) is 4.79 Å². The number of amidine groups is 1. The number of halogens is 1. The molecule has 1 amide bonds. The van der Waals surface area contributed by atoms with Crippen molar-refractivity contribution in [1.82, 2.24) is 15.5 Å². The molecule has 0 aliphatic carbocycles. The van der Waals surface area contributed by atoms with Gasteiger partial charge in [0.1, 0.15) is 17.3 Å². The van der Waals surface area contributed by atoms with Crippen molar-refractivity contribution in [2.45, 2.75) is 26.3 Å². The number of aliphatic hydroxyl groups is 1. The highest BCUT2D eigenvalue weighted by molar-refractivity contribution is 6.31. The van der Waals surface area contributed by atoms with Gasteiger partial charge in [-0.1, -0.05) is 23.7 Å². The van der Waals surface area contributed by atoms with E-state index in [4.69, 9.17) is 26.4 Å². The van der Waals surface area contributed by atoms with Crippen LogP contribution in [0.5, 0.6) is 11.5 Å². The molecule has 2 aliphatic heterocycles. The van der Waals surface area contributed by atoms with Crippen LogP contribution in [0.4, 0.5) is 5.69 Å². The van der Waals surface area contributed by atoms with E-state index in [-0.39, 0.29) is 18.6 Å². The molecule has 0 saturated carbocycles. The molecule has 1 saturated heterocycles. The minimum atomic E-state index is -0.642. The van der Waals surface area contributed by atoms with Crippen LogP contribution >= 0.6 is 11.6 Å². The maximum Gasteiger partial charge on any atom is 0.227 e. The Kier molecular flexibility index (Phi) is 6.69. The fraction of sp³-hybridized carbons (Fsp3) is 0.417. The normalized spacial score (nSPS) is 18.1. The first-order chi connectivity index (χ1) is 15.4. The first-order valence-electron chi connectivity index (χ1n) is 10.9. The van der Waals surface area contributed by atoms with E-state index in [1.165, 1.54) is 0 Å². The SMILES string of the molecule is CC(C)(C(=O)NCCCO)[C@H]1CN(C2=Nc3cc(Cl)ccc3Oc3ccccc32)CCN1. The summed E-state index contributed by atoms with van der Waals surface area (Å²) in [5.41, 5.74) is 0.946. The molecule has 0 spiro atoms. The summed E-state index contributed by atoms with van der Waals surface area (Å²) in [5, 5.41) is 16.0. The maximum absolute atomic E-state index is 12.9. The van der Waals surface area contributed by atoms with Crippen LogP contribution in [0.3, 0.4) is 0 Å². The van der Waals surface area contributed by atoms with E-state index in [1.54, 1.807) is 12.1 Å². The van der Waals surface area contributed by atoms with Crippen molar-refractivity contribution in [2.75, 3.05) is 32.8 Å². The Morgan fingerprint density at radius 2 is 2.12 bits per heavy atom. The number of para-hydroxylation sites is 1. The summed E-state index contributed by atoms with van der Waals surface area (Å²) in [4.78, 5) is 20.0. The Hall–Kier alpha value is -2.61. The van der Waals surface area contributed by atoms with Crippen LogP contribution in [0, 0.1) is 5.41 Å². The molecule has 0 bridgehead atoms. The second kappa shape index (κ2) is 9.48. The number of nitrogens with zero attached hydrogens (tertiary/aromatic N) is 2. The topological polar surface area (TPSA) is 86.2 Å². The van der Waals surface area contributed by atoms with Crippen molar-refractivity contribution in [3.8, 4) is 11.5 Å². The Morgan fingerprint density at radius 3 is 2.94 bits per heavy atom. The quantitative estimate of drug-likeness (QED) is 0.601. The molecule has 1 atom stereocenters. The molecule has 4 rings (SSSR count). The van der Waals surface area contributed by atoms with E-state index in [0.29, 0.717) is 36.0 Å². The molecule has 0 unspecified atom stereocenters. The van der Waals surface area contributed by atoms with Crippen molar-refractivity contribution in [1.29, 1.82) is 0 Å². The number of rotatable bonds is 5. The number of hydrogen-bond donors (Lipinski definition) is 3. The number of amides is 1. The van der Waals surface area contributed by atoms with Gasteiger partial charge in [0.05, 0.1) is 11.0 Å². The fourth-order valence-corrected chi connectivity index (χ4v) is 4.20. The molecule has 1 fully saturated rings. The maximum atomic E-state index is 12.9. The Labute approximate surface area is 193 Å². The van der Waals surface area contributed by atoms with Gasteiger partial charge in [-0.2, -0.15) is 0 Å². The molecule has 3 N–H and O–H groups in total. The third-order valence-corrected chi connectivity index (χ3v) is 6.28. The van der Waals surface area contributed by atoms with Gasteiger partial charge in [-0.15, -0.1) is 0 Å². The summed E-state index contributed by atoms with van der Waals surface area (Å²) in [7, 11) is 0. The largest absolute Gasteiger partial charge is 0.454 e.